The highest BCUT2D eigenvalue weighted by Crippen LogP contribution is 2.32. The molecule has 10 heteroatoms. The Labute approximate surface area is 188 Å². The van der Waals surface area contributed by atoms with Gasteiger partial charge in [-0.1, -0.05) is 30.3 Å². The van der Waals surface area contributed by atoms with E-state index in [0.29, 0.717) is 17.6 Å². The van der Waals surface area contributed by atoms with E-state index in [4.69, 9.17) is 0 Å². The van der Waals surface area contributed by atoms with Crippen LogP contribution < -0.4 is 8.87 Å². The third-order valence-electron chi connectivity index (χ3n) is 5.31. The van der Waals surface area contributed by atoms with E-state index < -0.39 is 27.6 Å². The molecule has 3 aromatic carbocycles. The van der Waals surface area contributed by atoms with Crippen molar-refractivity contribution >= 4 is 27.0 Å². The molecule has 172 valence electrons. The van der Waals surface area contributed by atoms with Crippen molar-refractivity contribution < 1.29 is 30.5 Å². The van der Waals surface area contributed by atoms with E-state index in [1.165, 1.54) is 12.1 Å². The lowest BCUT2D eigenvalue weighted by atomic mass is 10.1. The summed E-state index contributed by atoms with van der Waals surface area (Å²) in [5.41, 5.74) is 1.03. The standard InChI is InChI=1S/C23H19F4N3O2S/c1-15-8-11-20-21(12-15)29(2)22(28-20)30(33(31,32)17-6-4-3-5-7-17)14-16-9-10-18(19(24)13-16)23(25,26)27/h3-13H,14H2,1-2H3/p+1. The van der Waals surface area contributed by atoms with Gasteiger partial charge in [-0.05, 0) is 54.4 Å². The molecule has 1 aromatic heterocycles. The van der Waals surface area contributed by atoms with Gasteiger partial charge >= 0.3 is 22.1 Å². The number of benzene rings is 3. The molecule has 5 nitrogen and oxygen atoms in total. The summed E-state index contributed by atoms with van der Waals surface area (Å²) in [5.74, 6) is -1.28. The molecule has 0 aliphatic rings. The van der Waals surface area contributed by atoms with Crippen LogP contribution in [-0.4, -0.2) is 13.4 Å². The average molecular weight is 478 g/mol. The Kier molecular flexibility index (Phi) is 5.65. The van der Waals surface area contributed by atoms with Gasteiger partial charge in [-0.25, -0.2) is 13.9 Å². The minimum Gasteiger partial charge on any atom is -0.240 e. The van der Waals surface area contributed by atoms with Gasteiger partial charge in [0.2, 0.25) is 0 Å². The highest BCUT2D eigenvalue weighted by Gasteiger charge is 2.37. The molecule has 4 aromatic rings. The molecular formula is C23H20F4N3O2S+. The fraction of sp³-hybridized carbons (Fsp3) is 0.174. The lowest BCUT2D eigenvalue weighted by Gasteiger charge is -2.18. The first-order valence-electron chi connectivity index (χ1n) is 9.90. The molecule has 1 heterocycles. The van der Waals surface area contributed by atoms with Gasteiger partial charge in [0, 0.05) is 0 Å². The molecule has 0 saturated carbocycles. The third-order valence-corrected chi connectivity index (χ3v) is 7.06. The first kappa shape index (κ1) is 22.8. The van der Waals surface area contributed by atoms with Crippen molar-refractivity contribution in [1.29, 1.82) is 0 Å². The third kappa shape index (κ3) is 4.30. The largest absolute Gasteiger partial charge is 0.419 e. The molecule has 0 saturated heterocycles. The van der Waals surface area contributed by atoms with Gasteiger partial charge in [0.25, 0.3) is 0 Å². The summed E-state index contributed by atoms with van der Waals surface area (Å²) < 4.78 is 82.9. The minimum absolute atomic E-state index is 0.00720. The van der Waals surface area contributed by atoms with Crippen molar-refractivity contribution in [2.24, 2.45) is 7.05 Å². The zero-order chi connectivity index (χ0) is 24.0. The van der Waals surface area contributed by atoms with E-state index in [1.807, 2.05) is 19.1 Å². The monoisotopic (exact) mass is 478 g/mol. The summed E-state index contributed by atoms with van der Waals surface area (Å²) in [5, 5.41) is 0. The number of imidazole rings is 1. The fourth-order valence-corrected chi connectivity index (χ4v) is 5.09. The number of hydrogen-bond acceptors (Lipinski definition) is 2. The van der Waals surface area contributed by atoms with Crippen LogP contribution in [0.25, 0.3) is 11.0 Å². The Bertz CT molecular complexity index is 1430. The number of aryl methyl sites for hydroxylation is 2. The van der Waals surface area contributed by atoms with Crippen molar-refractivity contribution in [3.8, 4) is 0 Å². The topological polar surface area (TPSA) is 57.1 Å². The number of alkyl halides is 3. The fourth-order valence-electron chi connectivity index (χ4n) is 3.62. The lowest BCUT2D eigenvalue weighted by molar-refractivity contribution is -0.631. The Balaban J connectivity index is 1.86. The van der Waals surface area contributed by atoms with Crippen LogP contribution in [0.2, 0.25) is 0 Å². The SMILES string of the molecule is Cc1ccc2[nH]c(N(Cc3ccc(C(F)(F)F)c(F)c3)S(=O)(=O)c3ccccc3)[n+](C)c2c1. The number of aromatic amines is 1. The number of aromatic nitrogens is 2. The number of nitrogens with zero attached hydrogens (tertiary/aromatic N) is 2. The second-order valence-corrected chi connectivity index (χ2v) is 9.53. The van der Waals surface area contributed by atoms with E-state index in [0.717, 1.165) is 21.5 Å². The van der Waals surface area contributed by atoms with E-state index >= 15 is 0 Å². The highest BCUT2D eigenvalue weighted by molar-refractivity contribution is 7.92. The van der Waals surface area contributed by atoms with E-state index in [1.54, 1.807) is 35.9 Å². The first-order valence-corrected chi connectivity index (χ1v) is 11.3. The maximum atomic E-state index is 14.2. The molecule has 4 rings (SSSR count). The van der Waals surface area contributed by atoms with Crippen molar-refractivity contribution in [2.45, 2.75) is 24.5 Å². The maximum Gasteiger partial charge on any atom is 0.419 e. The van der Waals surface area contributed by atoms with E-state index in [9.17, 15) is 26.0 Å². The van der Waals surface area contributed by atoms with Crippen LogP contribution in [0.4, 0.5) is 23.5 Å². The molecule has 0 bridgehead atoms. The Hall–Kier alpha value is -3.40. The lowest BCUT2D eigenvalue weighted by Crippen LogP contribution is -2.41. The van der Waals surface area contributed by atoms with Crippen LogP contribution in [0.3, 0.4) is 0 Å². The molecule has 0 radical (unpaired) electrons. The number of fused-ring (bicyclic) bond motifs is 1. The molecule has 0 aliphatic heterocycles. The zero-order valence-electron chi connectivity index (χ0n) is 17.7. The summed E-state index contributed by atoms with van der Waals surface area (Å²) in [7, 11) is -2.47. The van der Waals surface area contributed by atoms with Crippen LogP contribution in [0.1, 0.15) is 16.7 Å². The zero-order valence-corrected chi connectivity index (χ0v) is 18.5. The van der Waals surface area contributed by atoms with E-state index in [2.05, 4.69) is 4.98 Å². The summed E-state index contributed by atoms with van der Waals surface area (Å²) in [6.07, 6.45) is -4.85. The van der Waals surface area contributed by atoms with E-state index in [-0.39, 0.29) is 23.0 Å². The van der Waals surface area contributed by atoms with Gasteiger partial charge in [-0.15, -0.1) is 4.31 Å². The van der Waals surface area contributed by atoms with Gasteiger partial charge in [0.1, 0.15) is 28.3 Å². The van der Waals surface area contributed by atoms with Crippen molar-refractivity contribution in [2.75, 3.05) is 4.31 Å². The van der Waals surface area contributed by atoms with Gasteiger partial charge in [-0.2, -0.15) is 21.6 Å². The van der Waals surface area contributed by atoms with Crippen LogP contribution in [0.5, 0.6) is 0 Å². The predicted molar refractivity (Wildman–Crippen MR) is 115 cm³/mol. The van der Waals surface area contributed by atoms with Gasteiger partial charge in [0.15, 0.2) is 0 Å². The van der Waals surface area contributed by atoms with Crippen LogP contribution >= 0.6 is 0 Å². The molecular weight excluding hydrogens is 458 g/mol. The van der Waals surface area contributed by atoms with Crippen LogP contribution in [0, 0.1) is 12.7 Å². The van der Waals surface area contributed by atoms with Crippen molar-refractivity contribution in [3.63, 3.8) is 0 Å². The summed E-state index contributed by atoms with van der Waals surface area (Å²) >= 11 is 0. The molecule has 0 aliphatic carbocycles. The quantitative estimate of drug-likeness (QED) is 0.329. The first-order chi connectivity index (χ1) is 15.5. The molecule has 1 N–H and O–H groups in total. The smallest absolute Gasteiger partial charge is 0.240 e. The van der Waals surface area contributed by atoms with Gasteiger partial charge in [0.05, 0.1) is 12.6 Å². The molecule has 0 spiro atoms. The second-order valence-electron chi connectivity index (χ2n) is 7.66. The Morgan fingerprint density at radius 2 is 1.70 bits per heavy atom. The maximum absolute atomic E-state index is 14.2. The number of halogens is 4. The Morgan fingerprint density at radius 1 is 1.00 bits per heavy atom. The number of anilines is 1. The molecule has 0 amide bonds. The molecule has 0 unspecified atom stereocenters. The van der Waals surface area contributed by atoms with Gasteiger partial charge < -0.3 is 0 Å². The highest BCUT2D eigenvalue weighted by atomic mass is 32.2. The number of hydrogen-bond donors (Lipinski definition) is 1. The number of rotatable bonds is 5. The second kappa shape index (κ2) is 8.18. The predicted octanol–water partition coefficient (Wildman–Crippen LogP) is 4.85. The summed E-state index contributed by atoms with van der Waals surface area (Å²) in [4.78, 5) is 3.07. The normalized spacial score (nSPS) is 12.3. The van der Waals surface area contributed by atoms with Crippen LogP contribution in [-0.2, 0) is 29.8 Å². The number of sulfonamides is 1. The average Bonchev–Trinajstić information content (AvgIpc) is 3.07. The van der Waals surface area contributed by atoms with Crippen molar-refractivity contribution in [3.05, 3.63) is 89.2 Å². The number of H-pyrrole nitrogens is 1. The summed E-state index contributed by atoms with van der Waals surface area (Å²) in [6.45, 7) is 1.52. The molecule has 0 fully saturated rings. The Morgan fingerprint density at radius 3 is 2.33 bits per heavy atom. The van der Waals surface area contributed by atoms with Crippen LogP contribution in [0.15, 0.2) is 71.6 Å². The molecule has 33 heavy (non-hydrogen) atoms. The number of nitrogens with one attached hydrogen (secondary N) is 1. The molecule has 0 atom stereocenters. The van der Waals surface area contributed by atoms with Gasteiger partial charge in [-0.3, -0.25) is 0 Å². The van der Waals surface area contributed by atoms with Crippen molar-refractivity contribution in [1.82, 2.24) is 4.98 Å². The minimum atomic E-state index is -4.85. The summed E-state index contributed by atoms with van der Waals surface area (Å²) in [6, 6.07) is 15.6.